The molecule has 100 valence electrons. The van der Waals surface area contributed by atoms with Crippen molar-refractivity contribution in [2.24, 2.45) is 16.0 Å². The molecule has 1 aliphatic rings. The number of amides is 1. The molecule has 0 saturated heterocycles. The number of carbonyl (C=O) groups excluding carboxylic acids is 1. The summed E-state index contributed by atoms with van der Waals surface area (Å²) in [7, 11) is 0. The van der Waals surface area contributed by atoms with Crippen LogP contribution in [-0.2, 0) is 11.3 Å². The monoisotopic (exact) mass is 270 g/mol. The number of rotatable bonds is 3. The number of halogens is 3. The second-order valence-corrected chi connectivity index (χ2v) is 3.76. The summed E-state index contributed by atoms with van der Waals surface area (Å²) in [6.07, 6.45) is -2.15. The van der Waals surface area contributed by atoms with Gasteiger partial charge >= 0.3 is 6.18 Å². The molecule has 1 atom stereocenters. The van der Waals surface area contributed by atoms with Gasteiger partial charge in [0.15, 0.2) is 5.71 Å². The van der Waals surface area contributed by atoms with E-state index in [1.54, 1.807) is 29.8 Å². The lowest BCUT2D eigenvalue weighted by Crippen LogP contribution is -2.33. The first-order chi connectivity index (χ1) is 8.98. The Kier molecular flexibility index (Phi) is 3.59. The number of nitrogens with zero attached hydrogens (tertiary/aromatic N) is 3. The first-order valence-corrected chi connectivity index (χ1v) is 5.33. The molecule has 1 unspecified atom stereocenters. The van der Waals surface area contributed by atoms with Gasteiger partial charge < -0.3 is 0 Å². The van der Waals surface area contributed by atoms with Gasteiger partial charge in [0, 0.05) is 12.4 Å². The van der Waals surface area contributed by atoms with Crippen LogP contribution in [0.15, 0.2) is 34.5 Å². The zero-order valence-corrected chi connectivity index (χ0v) is 9.55. The molecule has 0 aliphatic carbocycles. The molecule has 1 amide bonds. The Bertz CT molecular complexity index is 524. The molecule has 0 aromatic carbocycles. The summed E-state index contributed by atoms with van der Waals surface area (Å²) in [4.78, 5) is 19.0. The number of hydrogen-bond acceptors (Lipinski definition) is 4. The second kappa shape index (κ2) is 5.17. The topological polar surface area (TPSA) is 66.7 Å². The van der Waals surface area contributed by atoms with Crippen molar-refractivity contribution < 1.29 is 18.0 Å². The molecule has 5 nitrogen and oxygen atoms in total. The molecule has 2 heterocycles. The van der Waals surface area contributed by atoms with E-state index < -0.39 is 23.7 Å². The highest BCUT2D eigenvalue weighted by Gasteiger charge is 2.46. The molecular formula is C11H9F3N4O. The second-order valence-electron chi connectivity index (χ2n) is 3.76. The molecule has 0 radical (unpaired) electrons. The third-order valence-electron chi connectivity index (χ3n) is 2.39. The Morgan fingerprint density at radius 1 is 1.42 bits per heavy atom. The maximum atomic E-state index is 12.5. The average molecular weight is 270 g/mol. The fourth-order valence-electron chi connectivity index (χ4n) is 1.50. The fraction of sp³-hybridized carbons (Fsp3) is 0.273. The van der Waals surface area contributed by atoms with Gasteiger partial charge in [-0.2, -0.15) is 18.3 Å². The number of aromatic nitrogens is 1. The molecule has 1 N–H and O–H groups in total. The van der Waals surface area contributed by atoms with Crippen LogP contribution in [-0.4, -0.2) is 29.0 Å². The highest BCUT2D eigenvalue weighted by atomic mass is 19.4. The number of aliphatic imine (C=N–C) groups is 1. The number of pyridine rings is 1. The van der Waals surface area contributed by atoms with Gasteiger partial charge in [0.05, 0.1) is 12.2 Å². The number of hydrazone groups is 1. The van der Waals surface area contributed by atoms with Gasteiger partial charge in [-0.1, -0.05) is 6.07 Å². The number of carbonyl (C=O) groups is 1. The van der Waals surface area contributed by atoms with E-state index in [0.717, 1.165) is 6.21 Å². The summed E-state index contributed by atoms with van der Waals surface area (Å²) in [5.41, 5.74) is 1.22. The largest absolute Gasteiger partial charge is 0.432 e. The van der Waals surface area contributed by atoms with Crippen LogP contribution in [0.5, 0.6) is 0 Å². The lowest BCUT2D eigenvalue weighted by molar-refractivity contribution is -0.121. The van der Waals surface area contributed by atoms with E-state index in [0.29, 0.717) is 5.69 Å². The van der Waals surface area contributed by atoms with E-state index in [1.807, 2.05) is 0 Å². The molecule has 1 aliphatic heterocycles. The van der Waals surface area contributed by atoms with E-state index in [4.69, 9.17) is 0 Å². The SMILES string of the molecule is O=C1NN=C(C(F)(F)F)C1C=NCc1ccccn1. The third-order valence-corrected chi connectivity index (χ3v) is 2.39. The van der Waals surface area contributed by atoms with Gasteiger partial charge in [-0.3, -0.25) is 14.8 Å². The van der Waals surface area contributed by atoms with E-state index in [-0.39, 0.29) is 6.54 Å². The zero-order valence-electron chi connectivity index (χ0n) is 9.55. The Hall–Kier alpha value is -2.25. The molecular weight excluding hydrogens is 261 g/mol. The molecule has 2 rings (SSSR count). The summed E-state index contributed by atoms with van der Waals surface area (Å²) in [5, 5.41) is 2.98. The van der Waals surface area contributed by atoms with E-state index in [9.17, 15) is 18.0 Å². The van der Waals surface area contributed by atoms with Crippen molar-refractivity contribution in [2.45, 2.75) is 12.7 Å². The third kappa shape index (κ3) is 3.15. The van der Waals surface area contributed by atoms with Crippen molar-refractivity contribution in [3.8, 4) is 0 Å². The maximum Gasteiger partial charge on any atom is 0.432 e. The van der Waals surface area contributed by atoms with Crippen LogP contribution < -0.4 is 5.43 Å². The summed E-state index contributed by atoms with van der Waals surface area (Å²) < 4.78 is 37.6. The molecule has 0 spiro atoms. The molecule has 0 bridgehead atoms. The Morgan fingerprint density at radius 2 is 2.21 bits per heavy atom. The first kappa shape index (κ1) is 13.2. The summed E-state index contributed by atoms with van der Waals surface area (Å²) in [6, 6.07) is 5.14. The lowest BCUT2D eigenvalue weighted by atomic mass is 10.1. The van der Waals surface area contributed by atoms with Crippen molar-refractivity contribution in [2.75, 3.05) is 0 Å². The quantitative estimate of drug-likeness (QED) is 0.842. The first-order valence-electron chi connectivity index (χ1n) is 5.33. The minimum absolute atomic E-state index is 0.107. The lowest BCUT2D eigenvalue weighted by Gasteiger charge is -2.08. The van der Waals surface area contributed by atoms with Crippen molar-refractivity contribution in [3.63, 3.8) is 0 Å². The normalized spacial score (nSPS) is 19.6. The summed E-state index contributed by atoms with van der Waals surface area (Å²) in [6.45, 7) is 0.107. The fourth-order valence-corrected chi connectivity index (χ4v) is 1.50. The predicted octanol–water partition coefficient (Wildman–Crippen LogP) is 1.32. The van der Waals surface area contributed by atoms with Crippen LogP contribution >= 0.6 is 0 Å². The van der Waals surface area contributed by atoms with Gasteiger partial charge in [0.2, 0.25) is 0 Å². The molecule has 1 aromatic heterocycles. The number of hydrogen-bond donors (Lipinski definition) is 1. The van der Waals surface area contributed by atoms with Crippen LogP contribution in [0.4, 0.5) is 13.2 Å². The highest BCUT2D eigenvalue weighted by molar-refractivity contribution is 6.20. The highest BCUT2D eigenvalue weighted by Crippen LogP contribution is 2.24. The maximum absolute atomic E-state index is 12.5. The van der Waals surface area contributed by atoms with Crippen LogP contribution in [0.3, 0.4) is 0 Å². The molecule has 8 heteroatoms. The predicted molar refractivity (Wildman–Crippen MR) is 61.6 cm³/mol. The minimum atomic E-state index is -4.65. The average Bonchev–Trinajstić information content (AvgIpc) is 2.72. The van der Waals surface area contributed by atoms with Crippen LogP contribution in [0.1, 0.15) is 5.69 Å². The van der Waals surface area contributed by atoms with Gasteiger partial charge in [-0.05, 0) is 12.1 Å². The molecule has 1 aromatic rings. The van der Waals surface area contributed by atoms with E-state index in [1.165, 1.54) is 0 Å². The number of nitrogens with one attached hydrogen (secondary N) is 1. The van der Waals surface area contributed by atoms with E-state index in [2.05, 4.69) is 15.1 Å². The zero-order chi connectivity index (χ0) is 13.9. The van der Waals surface area contributed by atoms with Crippen LogP contribution in [0.2, 0.25) is 0 Å². The smallest absolute Gasteiger partial charge is 0.290 e. The van der Waals surface area contributed by atoms with Gasteiger partial charge in [0.1, 0.15) is 5.92 Å². The molecule has 0 fully saturated rings. The standard InChI is InChI=1S/C11H9F3N4O/c12-11(13,14)9-8(10(19)18-17-9)6-15-5-7-3-1-2-4-16-7/h1-4,6,8H,5H2,(H,18,19). The Balaban J connectivity index is 2.05. The minimum Gasteiger partial charge on any atom is -0.290 e. The number of alkyl halides is 3. The molecule has 19 heavy (non-hydrogen) atoms. The Labute approximate surface area is 106 Å². The van der Waals surface area contributed by atoms with Crippen LogP contribution in [0.25, 0.3) is 0 Å². The molecule has 0 saturated carbocycles. The van der Waals surface area contributed by atoms with Crippen molar-refractivity contribution in [1.29, 1.82) is 0 Å². The van der Waals surface area contributed by atoms with Gasteiger partial charge in [0.25, 0.3) is 5.91 Å². The summed E-state index contributed by atoms with van der Waals surface area (Å²) >= 11 is 0. The van der Waals surface area contributed by atoms with Crippen molar-refractivity contribution in [3.05, 3.63) is 30.1 Å². The Morgan fingerprint density at radius 3 is 2.84 bits per heavy atom. The van der Waals surface area contributed by atoms with Crippen molar-refractivity contribution in [1.82, 2.24) is 10.4 Å². The van der Waals surface area contributed by atoms with Crippen molar-refractivity contribution >= 4 is 17.8 Å². The van der Waals surface area contributed by atoms with Gasteiger partial charge in [-0.15, -0.1) is 0 Å². The summed E-state index contributed by atoms with van der Waals surface area (Å²) in [5.74, 6) is -2.33. The van der Waals surface area contributed by atoms with E-state index >= 15 is 0 Å². The van der Waals surface area contributed by atoms with Crippen LogP contribution in [0, 0.1) is 5.92 Å². The van der Waals surface area contributed by atoms with Gasteiger partial charge in [-0.25, -0.2) is 5.43 Å².